The molecule has 0 saturated carbocycles. The summed E-state index contributed by atoms with van der Waals surface area (Å²) in [4.78, 5) is 2.49. The molecule has 2 atom stereocenters. The van der Waals surface area contributed by atoms with E-state index < -0.39 is 0 Å². The topological polar surface area (TPSA) is 32.7 Å². The van der Waals surface area contributed by atoms with Gasteiger partial charge in [-0.15, -0.1) is 0 Å². The van der Waals surface area contributed by atoms with Crippen LogP contribution < -0.4 is 0 Å². The number of aliphatic hydroxyl groups is 1. The highest BCUT2D eigenvalue weighted by Crippen LogP contribution is 2.20. The summed E-state index contributed by atoms with van der Waals surface area (Å²) in [5.74, 6) is 1.26. The van der Waals surface area contributed by atoms with E-state index in [0.717, 1.165) is 25.7 Å². The first kappa shape index (κ1) is 10.4. The van der Waals surface area contributed by atoms with E-state index in [1.54, 1.807) is 0 Å². The fourth-order valence-corrected chi connectivity index (χ4v) is 2.54. The summed E-state index contributed by atoms with van der Waals surface area (Å²) in [6.07, 6.45) is 3.71. The zero-order valence-electron chi connectivity index (χ0n) is 8.82. The number of hydrogen-bond donors (Lipinski definition) is 1. The van der Waals surface area contributed by atoms with Crippen molar-refractivity contribution in [2.75, 3.05) is 39.5 Å². The van der Waals surface area contributed by atoms with Crippen LogP contribution in [-0.4, -0.2) is 49.5 Å². The van der Waals surface area contributed by atoms with Gasteiger partial charge in [-0.2, -0.15) is 0 Å². The second kappa shape index (κ2) is 5.10. The molecule has 0 bridgehead atoms. The Morgan fingerprint density at radius 1 is 1.29 bits per heavy atom. The fraction of sp³-hybridized carbons (Fsp3) is 1.00. The molecule has 0 aromatic heterocycles. The van der Waals surface area contributed by atoms with E-state index in [2.05, 4.69) is 4.90 Å². The van der Waals surface area contributed by atoms with Crippen LogP contribution in [0.5, 0.6) is 0 Å². The molecule has 0 aromatic rings. The maximum Gasteiger partial charge on any atom is 0.0506 e. The summed E-state index contributed by atoms with van der Waals surface area (Å²) in [5.41, 5.74) is 0. The number of nitrogens with zero attached hydrogens (tertiary/aromatic N) is 1. The summed E-state index contributed by atoms with van der Waals surface area (Å²) in [6.45, 7) is 5.69. The molecule has 0 aliphatic carbocycles. The first-order valence-corrected chi connectivity index (χ1v) is 5.79. The average Bonchev–Trinajstić information content (AvgIpc) is 2.67. The molecule has 1 N–H and O–H groups in total. The standard InChI is InChI=1S/C11H21NO2/c13-8-10-3-4-12(6-10)7-11-2-1-5-14-9-11/h10-11,13H,1-9H2. The number of ether oxygens (including phenoxy) is 1. The van der Waals surface area contributed by atoms with E-state index in [1.165, 1.54) is 32.4 Å². The van der Waals surface area contributed by atoms with Gasteiger partial charge >= 0.3 is 0 Å². The molecule has 2 unspecified atom stereocenters. The third-order valence-corrected chi connectivity index (χ3v) is 3.40. The molecule has 2 fully saturated rings. The molecule has 2 heterocycles. The average molecular weight is 199 g/mol. The zero-order chi connectivity index (χ0) is 9.80. The second-order valence-corrected chi connectivity index (χ2v) is 4.68. The zero-order valence-corrected chi connectivity index (χ0v) is 8.82. The Morgan fingerprint density at radius 3 is 2.86 bits per heavy atom. The smallest absolute Gasteiger partial charge is 0.0506 e. The molecular weight excluding hydrogens is 178 g/mol. The molecule has 2 aliphatic heterocycles. The third kappa shape index (κ3) is 2.69. The molecule has 3 nitrogen and oxygen atoms in total. The number of rotatable bonds is 3. The minimum absolute atomic E-state index is 0.359. The van der Waals surface area contributed by atoms with Crippen LogP contribution >= 0.6 is 0 Å². The van der Waals surface area contributed by atoms with Crippen LogP contribution in [0.15, 0.2) is 0 Å². The molecule has 14 heavy (non-hydrogen) atoms. The van der Waals surface area contributed by atoms with Crippen molar-refractivity contribution >= 4 is 0 Å². The van der Waals surface area contributed by atoms with E-state index >= 15 is 0 Å². The largest absolute Gasteiger partial charge is 0.396 e. The van der Waals surface area contributed by atoms with Gasteiger partial charge in [-0.1, -0.05) is 0 Å². The van der Waals surface area contributed by atoms with Crippen molar-refractivity contribution in [3.05, 3.63) is 0 Å². The highest BCUT2D eigenvalue weighted by Gasteiger charge is 2.24. The van der Waals surface area contributed by atoms with E-state index in [0.29, 0.717) is 12.5 Å². The van der Waals surface area contributed by atoms with Crippen LogP contribution in [0.1, 0.15) is 19.3 Å². The highest BCUT2D eigenvalue weighted by atomic mass is 16.5. The highest BCUT2D eigenvalue weighted by molar-refractivity contribution is 4.77. The summed E-state index contributed by atoms with van der Waals surface area (Å²) < 4.78 is 5.47. The molecule has 2 aliphatic rings. The minimum atomic E-state index is 0.359. The van der Waals surface area contributed by atoms with Crippen molar-refractivity contribution in [1.29, 1.82) is 0 Å². The van der Waals surface area contributed by atoms with Gasteiger partial charge in [0.05, 0.1) is 6.61 Å². The van der Waals surface area contributed by atoms with Crippen molar-refractivity contribution in [3.8, 4) is 0 Å². The van der Waals surface area contributed by atoms with Crippen molar-refractivity contribution in [1.82, 2.24) is 4.90 Å². The number of hydrogen-bond acceptors (Lipinski definition) is 3. The Morgan fingerprint density at radius 2 is 2.21 bits per heavy atom. The van der Waals surface area contributed by atoms with Crippen molar-refractivity contribution < 1.29 is 9.84 Å². The molecule has 3 heteroatoms. The lowest BCUT2D eigenvalue weighted by Gasteiger charge is -2.26. The Bertz CT molecular complexity index is 169. The summed E-state index contributed by atoms with van der Waals surface area (Å²) >= 11 is 0. The quantitative estimate of drug-likeness (QED) is 0.727. The van der Waals surface area contributed by atoms with Gasteiger partial charge in [0.1, 0.15) is 0 Å². The molecule has 0 amide bonds. The Hall–Kier alpha value is -0.120. The first-order valence-electron chi connectivity index (χ1n) is 5.79. The molecule has 2 rings (SSSR count). The lowest BCUT2D eigenvalue weighted by atomic mass is 10.0. The Balaban J connectivity index is 1.69. The number of likely N-dealkylation sites (tertiary alicyclic amines) is 1. The SMILES string of the molecule is OCC1CCN(CC2CCCOC2)C1. The van der Waals surface area contributed by atoms with Gasteiger partial charge in [0.15, 0.2) is 0 Å². The van der Waals surface area contributed by atoms with E-state index in [4.69, 9.17) is 9.84 Å². The van der Waals surface area contributed by atoms with Gasteiger partial charge in [-0.3, -0.25) is 0 Å². The van der Waals surface area contributed by atoms with Crippen LogP contribution in [0.2, 0.25) is 0 Å². The summed E-state index contributed by atoms with van der Waals surface area (Å²) in [5, 5.41) is 9.04. The summed E-state index contributed by atoms with van der Waals surface area (Å²) in [7, 11) is 0. The van der Waals surface area contributed by atoms with Gasteiger partial charge in [0, 0.05) is 26.3 Å². The second-order valence-electron chi connectivity index (χ2n) is 4.68. The molecule has 0 radical (unpaired) electrons. The Labute approximate surface area is 86.0 Å². The van der Waals surface area contributed by atoms with Crippen LogP contribution in [0, 0.1) is 11.8 Å². The normalized spacial score (nSPS) is 34.9. The Kier molecular flexibility index (Phi) is 3.79. The minimum Gasteiger partial charge on any atom is -0.396 e. The molecule has 2 saturated heterocycles. The lowest BCUT2D eigenvalue weighted by molar-refractivity contribution is 0.0409. The van der Waals surface area contributed by atoms with Gasteiger partial charge in [0.25, 0.3) is 0 Å². The molecule has 0 spiro atoms. The maximum atomic E-state index is 9.04. The van der Waals surface area contributed by atoms with E-state index in [1.807, 2.05) is 0 Å². The van der Waals surface area contributed by atoms with Crippen molar-refractivity contribution in [2.24, 2.45) is 11.8 Å². The van der Waals surface area contributed by atoms with Gasteiger partial charge in [0.2, 0.25) is 0 Å². The third-order valence-electron chi connectivity index (χ3n) is 3.40. The van der Waals surface area contributed by atoms with Gasteiger partial charge < -0.3 is 14.7 Å². The van der Waals surface area contributed by atoms with Gasteiger partial charge in [-0.05, 0) is 37.6 Å². The lowest BCUT2D eigenvalue weighted by Crippen LogP contribution is -2.32. The van der Waals surface area contributed by atoms with Crippen molar-refractivity contribution in [2.45, 2.75) is 19.3 Å². The van der Waals surface area contributed by atoms with Crippen LogP contribution in [0.25, 0.3) is 0 Å². The first-order chi connectivity index (χ1) is 6.88. The molecule has 0 aromatic carbocycles. The van der Waals surface area contributed by atoms with E-state index in [-0.39, 0.29) is 0 Å². The molecule has 82 valence electrons. The predicted octanol–water partition coefficient (Wildman–Crippen LogP) is 0.727. The van der Waals surface area contributed by atoms with Crippen LogP contribution in [0.4, 0.5) is 0 Å². The van der Waals surface area contributed by atoms with Crippen molar-refractivity contribution in [3.63, 3.8) is 0 Å². The monoisotopic (exact) mass is 199 g/mol. The number of aliphatic hydroxyl groups excluding tert-OH is 1. The molecular formula is C11H21NO2. The van der Waals surface area contributed by atoms with Gasteiger partial charge in [-0.25, -0.2) is 0 Å². The summed E-state index contributed by atoms with van der Waals surface area (Å²) in [6, 6.07) is 0. The predicted molar refractivity (Wildman–Crippen MR) is 55.2 cm³/mol. The van der Waals surface area contributed by atoms with E-state index in [9.17, 15) is 0 Å². The van der Waals surface area contributed by atoms with Crippen LogP contribution in [0.3, 0.4) is 0 Å². The fourth-order valence-electron chi connectivity index (χ4n) is 2.54. The maximum absolute atomic E-state index is 9.04. The van der Waals surface area contributed by atoms with Crippen LogP contribution in [-0.2, 0) is 4.74 Å².